The molecular weight excluding hydrogens is 240 g/mol. The number of amides is 1. The van der Waals surface area contributed by atoms with Gasteiger partial charge in [0.15, 0.2) is 6.04 Å². The minimum absolute atomic E-state index is 0.141. The number of rotatable bonds is 3. The third-order valence-corrected chi connectivity index (χ3v) is 3.61. The topological polar surface area (TPSA) is 104 Å². The van der Waals surface area contributed by atoms with Crippen molar-refractivity contribution in [2.75, 3.05) is 0 Å². The molecule has 7 nitrogen and oxygen atoms in total. The van der Waals surface area contributed by atoms with Crippen molar-refractivity contribution in [3.8, 4) is 0 Å². The monoisotopic (exact) mass is 256 g/mol. The molecule has 1 amide bonds. The first kappa shape index (κ1) is 12.8. The standard InChI is InChI=1S/C11H16N2O5/c14-10(15)6-5-9-11(16)13(18)8-4-2-1-3-7(8)12(9)17/h7-8,18H,1-6H2,(H,14,15). The van der Waals surface area contributed by atoms with Crippen LogP contribution < -0.4 is 0 Å². The molecule has 18 heavy (non-hydrogen) atoms. The summed E-state index contributed by atoms with van der Waals surface area (Å²) in [5.41, 5.74) is -0.150. The highest BCUT2D eigenvalue weighted by Gasteiger charge is 2.46. The maximum Gasteiger partial charge on any atom is 0.338 e. The molecule has 2 aliphatic rings. The van der Waals surface area contributed by atoms with Crippen LogP contribution in [0.2, 0.25) is 0 Å². The van der Waals surface area contributed by atoms with Gasteiger partial charge in [0.2, 0.25) is 0 Å². The molecule has 0 aromatic rings. The molecular formula is C11H16N2O5. The summed E-state index contributed by atoms with van der Waals surface area (Å²) in [6.07, 6.45) is 2.56. The van der Waals surface area contributed by atoms with Gasteiger partial charge < -0.3 is 10.3 Å². The van der Waals surface area contributed by atoms with Gasteiger partial charge in [0.05, 0.1) is 6.42 Å². The lowest BCUT2D eigenvalue weighted by Crippen LogP contribution is -2.59. The van der Waals surface area contributed by atoms with Crippen LogP contribution >= 0.6 is 0 Å². The normalized spacial score (nSPS) is 28.3. The maximum atomic E-state index is 12.1. The molecule has 7 heteroatoms. The van der Waals surface area contributed by atoms with E-state index in [-0.39, 0.29) is 18.6 Å². The lowest BCUT2D eigenvalue weighted by Gasteiger charge is -2.38. The van der Waals surface area contributed by atoms with E-state index in [4.69, 9.17) is 5.11 Å². The number of aliphatic carboxylic acids is 1. The maximum absolute atomic E-state index is 12.1. The number of nitrogens with zero attached hydrogens (tertiary/aromatic N) is 2. The van der Waals surface area contributed by atoms with Gasteiger partial charge >= 0.3 is 11.9 Å². The van der Waals surface area contributed by atoms with E-state index in [1.807, 2.05) is 0 Å². The van der Waals surface area contributed by atoms with Gasteiger partial charge in [-0.05, 0) is 12.8 Å². The Bertz CT molecular complexity index is 406. The Kier molecular flexibility index (Phi) is 3.51. The van der Waals surface area contributed by atoms with Crippen LogP contribution in [0.5, 0.6) is 0 Å². The Balaban J connectivity index is 2.24. The molecule has 1 fully saturated rings. The predicted octanol–water partition coefficient (Wildman–Crippen LogP) is 0.345. The van der Waals surface area contributed by atoms with E-state index < -0.39 is 24.0 Å². The van der Waals surface area contributed by atoms with Crippen molar-refractivity contribution in [3.05, 3.63) is 5.21 Å². The van der Waals surface area contributed by atoms with Crippen LogP contribution in [0.3, 0.4) is 0 Å². The number of fused-ring (bicyclic) bond motifs is 1. The summed E-state index contributed by atoms with van der Waals surface area (Å²) in [5.74, 6) is -1.83. The summed E-state index contributed by atoms with van der Waals surface area (Å²) in [5, 5.41) is 31.0. The molecule has 0 radical (unpaired) electrons. The second-order valence-corrected chi connectivity index (χ2v) is 4.74. The van der Waals surface area contributed by atoms with Crippen molar-refractivity contribution in [1.29, 1.82) is 0 Å². The van der Waals surface area contributed by atoms with E-state index in [1.165, 1.54) is 0 Å². The van der Waals surface area contributed by atoms with Crippen molar-refractivity contribution in [3.63, 3.8) is 0 Å². The Morgan fingerprint density at radius 1 is 1.44 bits per heavy atom. The molecule has 0 aromatic carbocycles. The first-order valence-electron chi connectivity index (χ1n) is 6.08. The fraction of sp³-hybridized carbons (Fsp3) is 0.727. The zero-order valence-corrected chi connectivity index (χ0v) is 9.91. The van der Waals surface area contributed by atoms with E-state index in [2.05, 4.69) is 0 Å². The van der Waals surface area contributed by atoms with Crippen molar-refractivity contribution >= 4 is 17.6 Å². The lowest BCUT2D eigenvalue weighted by atomic mass is 9.88. The lowest BCUT2D eigenvalue weighted by molar-refractivity contribution is -0.524. The minimum atomic E-state index is -1.07. The molecule has 0 aromatic heterocycles. The summed E-state index contributed by atoms with van der Waals surface area (Å²) in [6, 6.07) is -0.900. The molecule has 0 spiro atoms. The molecule has 1 saturated carbocycles. The molecule has 2 atom stereocenters. The van der Waals surface area contributed by atoms with Crippen molar-refractivity contribution in [2.24, 2.45) is 0 Å². The number of hydroxylamine groups is 3. The molecule has 0 saturated heterocycles. The van der Waals surface area contributed by atoms with Gasteiger partial charge in [0, 0.05) is 12.8 Å². The summed E-state index contributed by atoms with van der Waals surface area (Å²) in [6.45, 7) is 0. The van der Waals surface area contributed by atoms with Crippen LogP contribution in [0.4, 0.5) is 0 Å². The van der Waals surface area contributed by atoms with Gasteiger partial charge in [0.1, 0.15) is 6.04 Å². The highest BCUT2D eigenvalue weighted by atomic mass is 16.5. The molecule has 100 valence electrons. The number of carbonyl (C=O) groups is 2. The van der Waals surface area contributed by atoms with Gasteiger partial charge in [-0.15, -0.1) is 0 Å². The van der Waals surface area contributed by atoms with E-state index >= 15 is 0 Å². The first-order chi connectivity index (χ1) is 8.52. The molecule has 2 N–H and O–H groups in total. The zero-order chi connectivity index (χ0) is 13.3. The van der Waals surface area contributed by atoms with E-state index in [0.29, 0.717) is 22.6 Å². The zero-order valence-electron chi connectivity index (χ0n) is 9.91. The van der Waals surface area contributed by atoms with E-state index in [0.717, 1.165) is 12.8 Å². The molecule has 1 aliphatic carbocycles. The SMILES string of the molecule is O=C(O)CCC1=[N+]([O-])C2CCCCC2N(O)C1=O. The van der Waals surface area contributed by atoms with Gasteiger partial charge in [-0.25, -0.2) is 5.06 Å². The predicted molar refractivity (Wildman–Crippen MR) is 60.2 cm³/mol. The Morgan fingerprint density at radius 3 is 2.78 bits per heavy atom. The van der Waals surface area contributed by atoms with E-state index in [9.17, 15) is 20.0 Å². The van der Waals surface area contributed by atoms with E-state index in [1.54, 1.807) is 0 Å². The average Bonchev–Trinajstić information content (AvgIpc) is 2.36. The first-order valence-corrected chi connectivity index (χ1v) is 6.08. The summed E-state index contributed by atoms with van der Waals surface area (Å²) < 4.78 is 0.627. The number of hydrogen-bond acceptors (Lipinski definition) is 4. The number of carboxylic acid groups (broad SMARTS) is 1. The summed E-state index contributed by atoms with van der Waals surface area (Å²) in [7, 11) is 0. The average molecular weight is 256 g/mol. The van der Waals surface area contributed by atoms with Crippen LogP contribution in [-0.4, -0.2) is 49.8 Å². The number of carbonyl (C=O) groups excluding carboxylic acids is 1. The third-order valence-electron chi connectivity index (χ3n) is 3.61. The molecule has 0 bridgehead atoms. The van der Waals surface area contributed by atoms with Crippen LogP contribution in [0.15, 0.2) is 0 Å². The third kappa shape index (κ3) is 2.17. The quantitative estimate of drug-likeness (QED) is 0.430. The van der Waals surface area contributed by atoms with Gasteiger partial charge in [0.25, 0.3) is 5.71 Å². The molecule has 1 aliphatic heterocycles. The number of hydrogen-bond donors (Lipinski definition) is 2. The summed E-state index contributed by atoms with van der Waals surface area (Å²) >= 11 is 0. The van der Waals surface area contributed by atoms with Crippen LogP contribution in [-0.2, 0) is 9.59 Å². The van der Waals surface area contributed by atoms with Gasteiger partial charge in [-0.3, -0.25) is 14.8 Å². The second kappa shape index (κ2) is 4.93. The Labute approximate surface area is 104 Å². The molecule has 2 rings (SSSR count). The molecule has 2 unspecified atom stereocenters. The smallest absolute Gasteiger partial charge is 0.338 e. The molecule has 1 heterocycles. The van der Waals surface area contributed by atoms with Crippen molar-refractivity contribution in [2.45, 2.75) is 50.6 Å². The highest BCUT2D eigenvalue weighted by Crippen LogP contribution is 2.28. The van der Waals surface area contributed by atoms with Gasteiger partial charge in [-0.2, -0.15) is 4.74 Å². The van der Waals surface area contributed by atoms with Crippen molar-refractivity contribution in [1.82, 2.24) is 5.06 Å². The second-order valence-electron chi connectivity index (χ2n) is 4.74. The Hall–Kier alpha value is -1.63. The Morgan fingerprint density at radius 2 is 2.11 bits per heavy atom. The van der Waals surface area contributed by atoms with Gasteiger partial charge in [-0.1, -0.05) is 6.42 Å². The highest BCUT2D eigenvalue weighted by molar-refractivity contribution is 6.36. The van der Waals surface area contributed by atoms with Crippen molar-refractivity contribution < 1.29 is 24.6 Å². The van der Waals surface area contributed by atoms with Crippen LogP contribution in [0, 0.1) is 5.21 Å². The fourth-order valence-electron chi connectivity index (χ4n) is 2.67. The van der Waals surface area contributed by atoms with Crippen LogP contribution in [0.1, 0.15) is 38.5 Å². The van der Waals surface area contributed by atoms with Crippen LogP contribution in [0.25, 0.3) is 0 Å². The number of carboxylic acids is 1. The fourth-order valence-corrected chi connectivity index (χ4v) is 2.67. The minimum Gasteiger partial charge on any atom is -0.623 e. The largest absolute Gasteiger partial charge is 0.623 e. The summed E-state index contributed by atoms with van der Waals surface area (Å²) in [4.78, 5) is 22.3.